The summed E-state index contributed by atoms with van der Waals surface area (Å²) in [6, 6.07) is 0.0744. The Labute approximate surface area is 77.6 Å². The Hall–Kier alpha value is -1.32. The summed E-state index contributed by atoms with van der Waals surface area (Å²) < 4.78 is 0. The number of aliphatic carboxylic acids is 1. The molecule has 0 heterocycles. The number of hydrogen-bond acceptors (Lipinski definition) is 2. The fraction of sp³-hybridized carbons (Fsp3) is 0.556. The quantitative estimate of drug-likeness (QED) is 0.640. The summed E-state index contributed by atoms with van der Waals surface area (Å²) in [5.74, 6) is -1.42. The van der Waals surface area contributed by atoms with Crippen molar-refractivity contribution in [2.75, 3.05) is 0 Å². The summed E-state index contributed by atoms with van der Waals surface area (Å²) in [6.45, 7) is 5.19. The molecule has 0 aromatic carbocycles. The summed E-state index contributed by atoms with van der Waals surface area (Å²) in [5.41, 5.74) is 0.0424. The Morgan fingerprint density at radius 3 is 2.46 bits per heavy atom. The van der Waals surface area contributed by atoms with Crippen LogP contribution in [0.25, 0.3) is 0 Å². The van der Waals surface area contributed by atoms with Crippen molar-refractivity contribution in [3.8, 4) is 0 Å². The van der Waals surface area contributed by atoms with Gasteiger partial charge >= 0.3 is 5.97 Å². The van der Waals surface area contributed by atoms with Gasteiger partial charge in [-0.25, -0.2) is 4.79 Å². The largest absolute Gasteiger partial charge is 0.478 e. The molecule has 0 aromatic heterocycles. The minimum atomic E-state index is -1.07. The molecule has 0 fully saturated rings. The highest BCUT2D eigenvalue weighted by Gasteiger charge is 2.05. The molecule has 0 rings (SSSR count). The second-order valence-corrected chi connectivity index (χ2v) is 2.95. The number of rotatable bonds is 4. The molecular formula is C9H15NO3. The average Bonchev–Trinajstić information content (AvgIpc) is 2.03. The molecule has 0 spiro atoms. The Morgan fingerprint density at radius 1 is 1.54 bits per heavy atom. The van der Waals surface area contributed by atoms with Crippen LogP contribution in [0.2, 0.25) is 0 Å². The van der Waals surface area contributed by atoms with Crippen molar-refractivity contribution in [1.29, 1.82) is 0 Å². The summed E-state index contributed by atoms with van der Waals surface area (Å²) in [4.78, 5) is 21.4. The highest BCUT2D eigenvalue weighted by Crippen LogP contribution is 1.93. The van der Waals surface area contributed by atoms with Crippen LogP contribution in [0.1, 0.15) is 27.2 Å². The Balaban J connectivity index is 4.14. The van der Waals surface area contributed by atoms with Gasteiger partial charge in [-0.2, -0.15) is 0 Å². The van der Waals surface area contributed by atoms with Gasteiger partial charge in [0.25, 0.3) is 0 Å². The molecule has 0 aliphatic heterocycles. The normalized spacial score (nSPS) is 13.6. The molecule has 1 unspecified atom stereocenters. The lowest BCUT2D eigenvalue weighted by Gasteiger charge is -2.08. The molecule has 13 heavy (non-hydrogen) atoms. The number of carbonyl (C=O) groups excluding carboxylic acids is 1. The van der Waals surface area contributed by atoms with Crippen LogP contribution in [0.3, 0.4) is 0 Å². The van der Waals surface area contributed by atoms with Gasteiger partial charge in [-0.15, -0.1) is 0 Å². The van der Waals surface area contributed by atoms with E-state index in [1.54, 1.807) is 0 Å². The third kappa shape index (κ3) is 5.00. The van der Waals surface area contributed by atoms with Crippen LogP contribution in [0.15, 0.2) is 11.6 Å². The maximum absolute atomic E-state index is 11.1. The predicted octanol–water partition coefficient (Wildman–Crippen LogP) is 0.932. The van der Waals surface area contributed by atoms with Crippen molar-refractivity contribution in [2.45, 2.75) is 33.2 Å². The van der Waals surface area contributed by atoms with E-state index in [9.17, 15) is 9.59 Å². The van der Waals surface area contributed by atoms with E-state index in [-0.39, 0.29) is 17.5 Å². The molecule has 0 saturated heterocycles. The summed E-state index contributed by atoms with van der Waals surface area (Å²) >= 11 is 0. The first-order valence-corrected chi connectivity index (χ1v) is 4.19. The van der Waals surface area contributed by atoms with Gasteiger partial charge in [-0.3, -0.25) is 4.79 Å². The number of nitrogens with one attached hydrogen (secondary N) is 1. The van der Waals surface area contributed by atoms with Crippen LogP contribution in [0, 0.1) is 0 Å². The molecule has 0 bridgehead atoms. The SMILES string of the molecule is CCC(C)NC(=O)C=C(C)C(=O)O. The van der Waals surface area contributed by atoms with Crippen molar-refractivity contribution in [3.63, 3.8) is 0 Å². The van der Waals surface area contributed by atoms with Crippen LogP contribution in [-0.4, -0.2) is 23.0 Å². The van der Waals surface area contributed by atoms with E-state index >= 15 is 0 Å². The van der Waals surface area contributed by atoms with Gasteiger partial charge < -0.3 is 10.4 Å². The first-order chi connectivity index (χ1) is 5.97. The van der Waals surface area contributed by atoms with Gasteiger partial charge in [0.1, 0.15) is 0 Å². The maximum atomic E-state index is 11.1. The Kier molecular flexibility index (Phi) is 4.80. The molecular weight excluding hydrogens is 170 g/mol. The zero-order valence-corrected chi connectivity index (χ0v) is 8.13. The van der Waals surface area contributed by atoms with Gasteiger partial charge in [0, 0.05) is 17.7 Å². The molecule has 0 aliphatic rings. The first-order valence-electron chi connectivity index (χ1n) is 4.19. The van der Waals surface area contributed by atoms with Crippen molar-refractivity contribution >= 4 is 11.9 Å². The summed E-state index contributed by atoms with van der Waals surface area (Å²) in [7, 11) is 0. The van der Waals surface area contributed by atoms with Gasteiger partial charge in [0.15, 0.2) is 0 Å². The number of carboxylic acid groups (broad SMARTS) is 1. The number of amides is 1. The van der Waals surface area contributed by atoms with Gasteiger partial charge in [-0.05, 0) is 20.3 Å². The Morgan fingerprint density at radius 2 is 2.08 bits per heavy atom. The standard InChI is InChI=1S/C9H15NO3/c1-4-7(3)10-8(11)5-6(2)9(12)13/h5,7H,4H2,1-3H3,(H,10,11)(H,12,13). The van der Waals surface area contributed by atoms with Crippen LogP contribution in [0.5, 0.6) is 0 Å². The molecule has 4 heteroatoms. The highest BCUT2D eigenvalue weighted by molar-refractivity contribution is 5.97. The molecule has 4 nitrogen and oxygen atoms in total. The molecule has 74 valence electrons. The Bertz CT molecular complexity index is 233. The molecule has 1 amide bonds. The van der Waals surface area contributed by atoms with Crippen molar-refractivity contribution in [2.24, 2.45) is 0 Å². The minimum absolute atomic E-state index is 0.0424. The molecule has 0 radical (unpaired) electrons. The van der Waals surface area contributed by atoms with Crippen molar-refractivity contribution in [3.05, 3.63) is 11.6 Å². The van der Waals surface area contributed by atoms with Crippen LogP contribution in [0.4, 0.5) is 0 Å². The zero-order valence-electron chi connectivity index (χ0n) is 8.13. The third-order valence-corrected chi connectivity index (χ3v) is 1.69. The third-order valence-electron chi connectivity index (χ3n) is 1.69. The second kappa shape index (κ2) is 5.35. The fourth-order valence-electron chi connectivity index (χ4n) is 0.645. The molecule has 1 atom stereocenters. The van der Waals surface area contributed by atoms with E-state index in [0.29, 0.717) is 0 Å². The smallest absolute Gasteiger partial charge is 0.331 e. The van der Waals surface area contributed by atoms with Gasteiger partial charge in [0.2, 0.25) is 5.91 Å². The van der Waals surface area contributed by atoms with E-state index in [1.165, 1.54) is 6.92 Å². The number of carbonyl (C=O) groups is 2. The van der Waals surface area contributed by atoms with Gasteiger partial charge in [0.05, 0.1) is 0 Å². The monoisotopic (exact) mass is 185 g/mol. The second-order valence-electron chi connectivity index (χ2n) is 2.95. The minimum Gasteiger partial charge on any atom is -0.478 e. The van der Waals surface area contributed by atoms with E-state index < -0.39 is 5.97 Å². The number of hydrogen-bond donors (Lipinski definition) is 2. The molecule has 0 aromatic rings. The fourth-order valence-corrected chi connectivity index (χ4v) is 0.645. The molecule has 0 saturated carbocycles. The zero-order chi connectivity index (χ0) is 10.4. The van der Waals surface area contributed by atoms with E-state index in [2.05, 4.69) is 5.32 Å². The topological polar surface area (TPSA) is 66.4 Å². The summed E-state index contributed by atoms with van der Waals surface area (Å²) in [6.07, 6.45) is 1.92. The molecule has 0 aliphatic carbocycles. The lowest BCUT2D eigenvalue weighted by atomic mass is 10.2. The lowest BCUT2D eigenvalue weighted by molar-refractivity contribution is -0.133. The van der Waals surface area contributed by atoms with Crippen molar-refractivity contribution in [1.82, 2.24) is 5.32 Å². The van der Waals surface area contributed by atoms with E-state index in [0.717, 1.165) is 12.5 Å². The highest BCUT2D eigenvalue weighted by atomic mass is 16.4. The maximum Gasteiger partial charge on any atom is 0.331 e. The van der Waals surface area contributed by atoms with Gasteiger partial charge in [-0.1, -0.05) is 6.92 Å². The van der Waals surface area contributed by atoms with Crippen LogP contribution in [-0.2, 0) is 9.59 Å². The first kappa shape index (κ1) is 11.7. The van der Waals surface area contributed by atoms with Crippen LogP contribution >= 0.6 is 0 Å². The predicted molar refractivity (Wildman–Crippen MR) is 49.3 cm³/mol. The summed E-state index contributed by atoms with van der Waals surface area (Å²) in [5, 5.41) is 11.1. The van der Waals surface area contributed by atoms with E-state index in [1.807, 2.05) is 13.8 Å². The molecule has 2 N–H and O–H groups in total. The van der Waals surface area contributed by atoms with Crippen LogP contribution < -0.4 is 5.32 Å². The lowest BCUT2D eigenvalue weighted by Crippen LogP contribution is -2.30. The average molecular weight is 185 g/mol. The van der Waals surface area contributed by atoms with E-state index in [4.69, 9.17) is 5.11 Å². The number of carboxylic acids is 1. The van der Waals surface area contributed by atoms with Crippen molar-refractivity contribution < 1.29 is 14.7 Å².